The summed E-state index contributed by atoms with van der Waals surface area (Å²) in [4.78, 5) is 14.1. The summed E-state index contributed by atoms with van der Waals surface area (Å²) >= 11 is 7.77. The van der Waals surface area contributed by atoms with Crippen LogP contribution in [0.15, 0.2) is 6.07 Å². The Morgan fingerprint density at radius 3 is 3.14 bits per heavy atom. The van der Waals surface area contributed by atoms with Crippen LogP contribution < -0.4 is 0 Å². The maximum Gasteiger partial charge on any atom is 0.333 e. The van der Waals surface area contributed by atoms with E-state index in [1.54, 1.807) is 11.3 Å². The Balaban J connectivity index is 1.76. The van der Waals surface area contributed by atoms with E-state index in [0.717, 1.165) is 23.6 Å². The molecular formula is C15H20ClNO4S. The molecule has 2 aliphatic heterocycles. The Labute approximate surface area is 138 Å². The molecule has 2 aliphatic rings. The molecule has 3 atom stereocenters. The summed E-state index contributed by atoms with van der Waals surface area (Å²) < 4.78 is 6.96. The number of piperidine rings is 1. The Kier molecular flexibility index (Phi) is 4.49. The lowest BCUT2D eigenvalue weighted by Gasteiger charge is -2.47. The number of ether oxygens (including phenoxy) is 1. The van der Waals surface area contributed by atoms with Crippen molar-refractivity contribution in [1.29, 1.82) is 0 Å². The highest BCUT2D eigenvalue weighted by atomic mass is 35.5. The minimum absolute atomic E-state index is 0.148. The van der Waals surface area contributed by atoms with Crippen LogP contribution in [0.2, 0.25) is 4.34 Å². The van der Waals surface area contributed by atoms with Gasteiger partial charge < -0.3 is 14.9 Å². The van der Waals surface area contributed by atoms with Gasteiger partial charge in [0.05, 0.1) is 10.9 Å². The van der Waals surface area contributed by atoms with Crippen LogP contribution in [0.4, 0.5) is 0 Å². The second-order valence-corrected chi connectivity index (χ2v) is 7.83. The van der Waals surface area contributed by atoms with Crippen molar-refractivity contribution in [2.75, 3.05) is 19.7 Å². The lowest BCUT2D eigenvalue weighted by molar-refractivity contribution is -0.150. The monoisotopic (exact) mass is 345 g/mol. The van der Waals surface area contributed by atoms with E-state index in [4.69, 9.17) is 21.4 Å². The number of aliphatic carboxylic acids is 1. The summed E-state index contributed by atoms with van der Waals surface area (Å²) in [5.74, 6) is -1.17. The zero-order chi connectivity index (χ0) is 15.9. The second kappa shape index (κ2) is 6.09. The number of halogens is 1. The quantitative estimate of drug-likeness (QED) is 0.878. The minimum Gasteiger partial charge on any atom is -0.479 e. The van der Waals surface area contributed by atoms with Crippen LogP contribution in [-0.2, 0) is 21.6 Å². The second-order valence-electron chi connectivity index (χ2n) is 6.15. The van der Waals surface area contributed by atoms with Crippen LogP contribution in [0.3, 0.4) is 0 Å². The molecule has 3 rings (SSSR count). The maximum absolute atomic E-state index is 10.8. The number of rotatable bonds is 3. The van der Waals surface area contributed by atoms with Crippen molar-refractivity contribution in [2.24, 2.45) is 0 Å². The number of aliphatic hydroxyl groups is 1. The van der Waals surface area contributed by atoms with Crippen LogP contribution >= 0.6 is 22.9 Å². The first kappa shape index (κ1) is 16.2. The Morgan fingerprint density at radius 1 is 1.68 bits per heavy atom. The number of likely N-dealkylation sites (tertiary alicyclic amines) is 1. The van der Waals surface area contributed by atoms with Crippen molar-refractivity contribution < 1.29 is 19.7 Å². The van der Waals surface area contributed by atoms with Crippen LogP contribution in [0, 0.1) is 0 Å². The van der Waals surface area contributed by atoms with Crippen LogP contribution in [0.25, 0.3) is 0 Å². The van der Waals surface area contributed by atoms with E-state index in [1.807, 2.05) is 11.0 Å². The molecule has 0 unspecified atom stereocenters. The average Bonchev–Trinajstić information content (AvgIpc) is 2.84. The van der Waals surface area contributed by atoms with Gasteiger partial charge in [-0.15, -0.1) is 11.3 Å². The van der Waals surface area contributed by atoms with Crippen molar-refractivity contribution in [3.05, 3.63) is 20.8 Å². The van der Waals surface area contributed by atoms with Gasteiger partial charge >= 0.3 is 5.97 Å². The summed E-state index contributed by atoms with van der Waals surface area (Å²) in [6.45, 7) is 3.62. The number of aliphatic hydroxyl groups excluding tert-OH is 1. The summed E-state index contributed by atoms with van der Waals surface area (Å²) in [5, 5.41) is 18.4. The molecule has 5 nitrogen and oxygen atoms in total. The fraction of sp³-hybridized carbons (Fsp3) is 0.667. The van der Waals surface area contributed by atoms with Crippen LogP contribution in [-0.4, -0.2) is 52.9 Å². The highest BCUT2D eigenvalue weighted by molar-refractivity contribution is 7.16. The Bertz CT molecular complexity index is 578. The van der Waals surface area contributed by atoms with Gasteiger partial charge in [0.1, 0.15) is 5.60 Å². The third-order valence-corrected chi connectivity index (χ3v) is 6.18. The van der Waals surface area contributed by atoms with E-state index >= 15 is 0 Å². The van der Waals surface area contributed by atoms with Crippen molar-refractivity contribution in [3.63, 3.8) is 0 Å². The molecular weight excluding hydrogens is 326 g/mol. The Morgan fingerprint density at radius 2 is 2.45 bits per heavy atom. The van der Waals surface area contributed by atoms with Crippen molar-refractivity contribution in [3.8, 4) is 0 Å². The third kappa shape index (κ3) is 2.90. The van der Waals surface area contributed by atoms with E-state index in [9.17, 15) is 9.90 Å². The molecule has 0 amide bonds. The number of carboxylic acids is 1. The number of nitrogens with zero attached hydrogens (tertiary/aromatic N) is 1. The normalized spacial score (nSPS) is 30.2. The molecule has 0 bridgehead atoms. The number of carbonyl (C=O) groups is 1. The molecule has 0 saturated carbocycles. The first-order valence-corrected chi connectivity index (χ1v) is 8.68. The van der Waals surface area contributed by atoms with Gasteiger partial charge in [0.2, 0.25) is 0 Å². The number of fused-ring (bicyclic) bond motifs is 2. The molecule has 22 heavy (non-hydrogen) atoms. The van der Waals surface area contributed by atoms with E-state index < -0.39 is 12.1 Å². The van der Waals surface area contributed by atoms with Gasteiger partial charge in [-0.3, -0.25) is 4.90 Å². The number of carboxylic acid groups (broad SMARTS) is 1. The average molecular weight is 346 g/mol. The summed E-state index contributed by atoms with van der Waals surface area (Å²) in [6, 6.07) is 2.19. The standard InChI is InChI=1S/C15H20ClNO4S/c1-9-7-15(3-4-17(9)8-11(18)14(19)20)13-10(2-5-21-15)6-12(16)22-13/h6,9,11,18H,2-5,7-8H2,1H3,(H,19,20)/t9-,11-,15+/m0/s1. The molecule has 0 radical (unpaired) electrons. The largest absolute Gasteiger partial charge is 0.479 e. The third-order valence-electron chi connectivity index (χ3n) is 4.69. The molecule has 1 fully saturated rings. The van der Waals surface area contributed by atoms with Crippen molar-refractivity contribution in [2.45, 2.75) is 43.9 Å². The number of β-amino-alcohol motifs (C(OH)–C–C–N with tert-alkyl or cyclic N) is 1. The molecule has 7 heteroatoms. The molecule has 1 aromatic rings. The van der Waals surface area contributed by atoms with Gasteiger partial charge in [0.25, 0.3) is 0 Å². The Hall–Kier alpha value is -0.660. The number of hydrogen-bond acceptors (Lipinski definition) is 5. The minimum atomic E-state index is -1.34. The molecule has 1 spiro atoms. The fourth-order valence-corrected chi connectivity index (χ4v) is 5.03. The van der Waals surface area contributed by atoms with E-state index in [2.05, 4.69) is 6.92 Å². The smallest absolute Gasteiger partial charge is 0.333 e. The fourth-order valence-electron chi connectivity index (χ4n) is 3.55. The highest BCUT2D eigenvalue weighted by Crippen LogP contribution is 2.47. The molecule has 1 saturated heterocycles. The predicted molar refractivity (Wildman–Crippen MR) is 84.6 cm³/mol. The van der Waals surface area contributed by atoms with Gasteiger partial charge in [-0.25, -0.2) is 4.79 Å². The van der Waals surface area contributed by atoms with Gasteiger partial charge in [-0.05, 0) is 37.8 Å². The summed E-state index contributed by atoms with van der Waals surface area (Å²) in [5.41, 5.74) is 0.989. The van der Waals surface area contributed by atoms with E-state index in [-0.39, 0.29) is 18.2 Å². The van der Waals surface area contributed by atoms with E-state index in [1.165, 1.54) is 10.4 Å². The summed E-state index contributed by atoms with van der Waals surface area (Å²) in [7, 11) is 0. The molecule has 0 aromatic carbocycles. The molecule has 1 aromatic heterocycles. The van der Waals surface area contributed by atoms with Crippen LogP contribution in [0.1, 0.15) is 30.2 Å². The molecule has 0 aliphatic carbocycles. The van der Waals surface area contributed by atoms with Gasteiger partial charge in [-0.2, -0.15) is 0 Å². The molecule has 122 valence electrons. The predicted octanol–water partition coefficient (Wildman–Crippen LogP) is 2.10. The molecule has 3 heterocycles. The van der Waals surface area contributed by atoms with Gasteiger partial charge in [0.15, 0.2) is 6.10 Å². The van der Waals surface area contributed by atoms with Gasteiger partial charge in [0, 0.05) is 24.0 Å². The highest BCUT2D eigenvalue weighted by Gasteiger charge is 2.45. The maximum atomic E-state index is 10.8. The van der Waals surface area contributed by atoms with E-state index in [0.29, 0.717) is 13.2 Å². The van der Waals surface area contributed by atoms with Gasteiger partial charge in [-0.1, -0.05) is 11.6 Å². The lowest BCUT2D eigenvalue weighted by Crippen LogP contribution is -2.52. The van der Waals surface area contributed by atoms with Crippen LogP contribution in [0.5, 0.6) is 0 Å². The topological polar surface area (TPSA) is 70.0 Å². The number of thiophene rings is 1. The first-order chi connectivity index (χ1) is 10.4. The first-order valence-electron chi connectivity index (χ1n) is 7.49. The zero-order valence-corrected chi connectivity index (χ0v) is 14.0. The van der Waals surface area contributed by atoms with Crippen molar-refractivity contribution in [1.82, 2.24) is 4.90 Å². The number of hydrogen-bond donors (Lipinski definition) is 2. The zero-order valence-electron chi connectivity index (χ0n) is 12.4. The molecule has 2 N–H and O–H groups in total. The van der Waals surface area contributed by atoms with Crippen molar-refractivity contribution >= 4 is 28.9 Å². The lowest BCUT2D eigenvalue weighted by atomic mass is 9.82. The summed E-state index contributed by atoms with van der Waals surface area (Å²) in [6.07, 6.45) is 1.16. The SMILES string of the molecule is C[C@H]1C[C@@]2(CCN1C[C@H](O)C(=O)O)OCCc1cc(Cl)sc12.